The van der Waals surface area contributed by atoms with Gasteiger partial charge in [-0.2, -0.15) is 0 Å². The van der Waals surface area contributed by atoms with Crippen LogP contribution in [0.1, 0.15) is 24.0 Å². The summed E-state index contributed by atoms with van der Waals surface area (Å²) in [6.07, 6.45) is 1.90. The van der Waals surface area contributed by atoms with Crippen molar-refractivity contribution in [3.63, 3.8) is 0 Å². The van der Waals surface area contributed by atoms with Crippen LogP contribution in [0, 0.1) is 10.5 Å². The van der Waals surface area contributed by atoms with Crippen molar-refractivity contribution in [2.45, 2.75) is 12.8 Å². The molecule has 0 saturated carbocycles. The predicted octanol–water partition coefficient (Wildman–Crippen LogP) is 3.87. The molecule has 0 fully saturated rings. The quantitative estimate of drug-likeness (QED) is 0.716. The number of hydrogen-bond acceptors (Lipinski definition) is 0. The van der Waals surface area contributed by atoms with Gasteiger partial charge in [0, 0.05) is 3.57 Å². The highest BCUT2D eigenvalue weighted by molar-refractivity contribution is 14.1. The molecule has 1 aromatic rings. The Hall–Kier alpha value is -0.310. The second-order valence-electron chi connectivity index (χ2n) is 2.85. The van der Waals surface area contributed by atoms with Gasteiger partial charge in [0.05, 0.1) is 0 Å². The van der Waals surface area contributed by atoms with Crippen molar-refractivity contribution in [1.29, 1.82) is 0 Å². The van der Waals surface area contributed by atoms with E-state index >= 15 is 0 Å². The molecule has 0 aliphatic rings. The zero-order chi connectivity index (χ0) is 9.14. The molecule has 0 nitrogen and oxygen atoms in total. The minimum atomic E-state index is 0.327. The van der Waals surface area contributed by atoms with Crippen LogP contribution in [0.15, 0.2) is 24.8 Å². The molecule has 1 rings (SSSR count). The molecule has 12 heavy (non-hydrogen) atoms. The van der Waals surface area contributed by atoms with Gasteiger partial charge in [-0.1, -0.05) is 31.7 Å². The summed E-state index contributed by atoms with van der Waals surface area (Å²) >= 11 is 2.32. The summed E-state index contributed by atoms with van der Waals surface area (Å²) in [6.45, 7) is 9.91. The van der Waals surface area contributed by atoms with Crippen molar-refractivity contribution >= 4 is 28.7 Å². The second kappa shape index (κ2) is 4.08. The van der Waals surface area contributed by atoms with E-state index in [0.29, 0.717) is 5.92 Å². The van der Waals surface area contributed by atoms with E-state index in [0.717, 1.165) is 0 Å². The highest BCUT2D eigenvalue weighted by Crippen LogP contribution is 2.24. The van der Waals surface area contributed by atoms with Crippen molar-refractivity contribution in [3.05, 3.63) is 46.4 Å². The summed E-state index contributed by atoms with van der Waals surface area (Å²) in [6, 6.07) is 6.26. The maximum atomic E-state index is 4.01. The SMILES string of the molecule is [CH2]C(C)c1cccc(I)c1C=C. The lowest BCUT2D eigenvalue weighted by Crippen LogP contribution is -1.93. The molecule has 0 heterocycles. The summed E-state index contributed by atoms with van der Waals surface area (Å²) in [4.78, 5) is 0. The molecule has 0 saturated heterocycles. The zero-order valence-corrected chi connectivity index (χ0v) is 9.34. The standard InChI is InChI=1S/C11H12I/c1-4-9-10(8(2)3)6-5-7-11(9)12/h4-8H,1-2H2,3H3. The molecular weight excluding hydrogens is 259 g/mol. The van der Waals surface area contributed by atoms with Gasteiger partial charge in [0.25, 0.3) is 0 Å². The molecule has 63 valence electrons. The normalized spacial score (nSPS) is 10.3. The Morgan fingerprint density at radius 1 is 1.50 bits per heavy atom. The largest absolute Gasteiger partial charge is 0.0984 e. The van der Waals surface area contributed by atoms with E-state index < -0.39 is 0 Å². The highest BCUT2D eigenvalue weighted by atomic mass is 127. The van der Waals surface area contributed by atoms with Gasteiger partial charge in [0.2, 0.25) is 0 Å². The van der Waals surface area contributed by atoms with Gasteiger partial charge in [-0.25, -0.2) is 0 Å². The van der Waals surface area contributed by atoms with Gasteiger partial charge in [-0.05, 0) is 52.6 Å². The lowest BCUT2D eigenvalue weighted by Gasteiger charge is -2.10. The van der Waals surface area contributed by atoms with Crippen molar-refractivity contribution in [2.24, 2.45) is 0 Å². The maximum Gasteiger partial charge on any atom is 0.0205 e. The molecule has 0 aliphatic heterocycles. The first-order valence-corrected chi connectivity index (χ1v) is 4.98. The Bertz CT molecular complexity index is 287. The van der Waals surface area contributed by atoms with Gasteiger partial charge in [0.15, 0.2) is 0 Å². The van der Waals surface area contributed by atoms with Crippen molar-refractivity contribution in [2.75, 3.05) is 0 Å². The van der Waals surface area contributed by atoms with Crippen LogP contribution in [0.5, 0.6) is 0 Å². The molecular formula is C11H12I. The van der Waals surface area contributed by atoms with E-state index in [1.54, 1.807) is 0 Å². The van der Waals surface area contributed by atoms with Gasteiger partial charge in [0.1, 0.15) is 0 Å². The summed E-state index contributed by atoms with van der Waals surface area (Å²) in [5.74, 6) is 0.327. The second-order valence-corrected chi connectivity index (χ2v) is 4.01. The van der Waals surface area contributed by atoms with E-state index in [1.807, 2.05) is 6.08 Å². The Balaban J connectivity index is 3.27. The summed E-state index contributed by atoms with van der Waals surface area (Å²) in [5.41, 5.74) is 2.50. The zero-order valence-electron chi connectivity index (χ0n) is 7.18. The lowest BCUT2D eigenvalue weighted by atomic mass is 9.97. The molecule has 0 aliphatic carbocycles. The number of halogens is 1. The van der Waals surface area contributed by atoms with E-state index in [9.17, 15) is 0 Å². The van der Waals surface area contributed by atoms with Crippen LogP contribution in [0.25, 0.3) is 6.08 Å². The van der Waals surface area contributed by atoms with Gasteiger partial charge in [-0.3, -0.25) is 0 Å². The number of benzene rings is 1. The van der Waals surface area contributed by atoms with Crippen LogP contribution in [0.4, 0.5) is 0 Å². The Labute approximate surface area is 87.8 Å². The van der Waals surface area contributed by atoms with E-state index in [-0.39, 0.29) is 0 Å². The van der Waals surface area contributed by atoms with Gasteiger partial charge in [-0.15, -0.1) is 0 Å². The molecule has 1 unspecified atom stereocenters. The van der Waals surface area contributed by atoms with Gasteiger partial charge < -0.3 is 0 Å². The van der Waals surface area contributed by atoms with Crippen molar-refractivity contribution < 1.29 is 0 Å². The maximum absolute atomic E-state index is 4.01. The third-order valence-corrected chi connectivity index (χ3v) is 2.76. The number of hydrogen-bond donors (Lipinski definition) is 0. The molecule has 1 aromatic carbocycles. The fourth-order valence-electron chi connectivity index (χ4n) is 1.20. The molecule has 0 bridgehead atoms. The van der Waals surface area contributed by atoms with Crippen LogP contribution < -0.4 is 0 Å². The smallest absolute Gasteiger partial charge is 0.0205 e. The highest BCUT2D eigenvalue weighted by Gasteiger charge is 2.05. The Morgan fingerprint density at radius 3 is 2.58 bits per heavy atom. The minimum Gasteiger partial charge on any atom is -0.0984 e. The topological polar surface area (TPSA) is 0 Å². The molecule has 1 atom stereocenters. The van der Waals surface area contributed by atoms with Crippen LogP contribution in [0.3, 0.4) is 0 Å². The third-order valence-electron chi connectivity index (χ3n) is 1.82. The monoisotopic (exact) mass is 271 g/mol. The molecule has 0 spiro atoms. The van der Waals surface area contributed by atoms with E-state index in [2.05, 4.69) is 61.2 Å². The Morgan fingerprint density at radius 2 is 2.17 bits per heavy atom. The minimum absolute atomic E-state index is 0.327. The Kier molecular flexibility index (Phi) is 3.32. The summed E-state index contributed by atoms with van der Waals surface area (Å²) in [5, 5.41) is 0. The fraction of sp³-hybridized carbons (Fsp3) is 0.182. The van der Waals surface area contributed by atoms with Gasteiger partial charge >= 0.3 is 0 Å². The fourth-order valence-corrected chi connectivity index (χ4v) is 1.94. The molecule has 1 radical (unpaired) electrons. The summed E-state index contributed by atoms with van der Waals surface area (Å²) in [7, 11) is 0. The lowest BCUT2D eigenvalue weighted by molar-refractivity contribution is 0.958. The van der Waals surface area contributed by atoms with Crippen LogP contribution in [-0.2, 0) is 0 Å². The molecule has 0 aromatic heterocycles. The molecule has 0 amide bonds. The molecule has 0 N–H and O–H groups in total. The average molecular weight is 271 g/mol. The van der Waals surface area contributed by atoms with Crippen LogP contribution in [0.2, 0.25) is 0 Å². The average Bonchev–Trinajstić information content (AvgIpc) is 2.03. The number of rotatable bonds is 2. The predicted molar refractivity (Wildman–Crippen MR) is 63.0 cm³/mol. The van der Waals surface area contributed by atoms with Crippen molar-refractivity contribution in [1.82, 2.24) is 0 Å². The van der Waals surface area contributed by atoms with Crippen LogP contribution in [-0.4, -0.2) is 0 Å². The van der Waals surface area contributed by atoms with Crippen LogP contribution >= 0.6 is 22.6 Å². The third kappa shape index (κ3) is 1.89. The van der Waals surface area contributed by atoms with E-state index in [4.69, 9.17) is 0 Å². The van der Waals surface area contributed by atoms with Crippen molar-refractivity contribution in [3.8, 4) is 0 Å². The first-order chi connectivity index (χ1) is 5.66. The first kappa shape index (κ1) is 9.78. The first-order valence-electron chi connectivity index (χ1n) is 3.90. The van der Waals surface area contributed by atoms with E-state index in [1.165, 1.54) is 14.7 Å². The molecule has 1 heteroatoms. The summed E-state index contributed by atoms with van der Waals surface area (Å²) < 4.78 is 1.25.